The summed E-state index contributed by atoms with van der Waals surface area (Å²) in [4.78, 5) is 38.5. The second kappa shape index (κ2) is 11.0. The number of amides is 2. The predicted molar refractivity (Wildman–Crippen MR) is 128 cm³/mol. The quantitative estimate of drug-likeness (QED) is 0.651. The molecule has 2 fully saturated rings. The lowest BCUT2D eigenvalue weighted by Gasteiger charge is -2.37. The van der Waals surface area contributed by atoms with Crippen molar-refractivity contribution >= 4 is 11.8 Å². The van der Waals surface area contributed by atoms with Gasteiger partial charge in [0.25, 0.3) is 5.91 Å². The Bertz CT molecular complexity index is 990. The summed E-state index contributed by atoms with van der Waals surface area (Å²) in [6.45, 7) is 9.15. The molecular formula is C26H34N4O4. The number of aromatic nitrogens is 2. The van der Waals surface area contributed by atoms with E-state index >= 15 is 0 Å². The fourth-order valence-corrected chi connectivity index (χ4v) is 4.44. The number of ether oxygens (including phenoxy) is 2. The van der Waals surface area contributed by atoms with E-state index in [9.17, 15) is 9.59 Å². The lowest BCUT2D eigenvalue weighted by Crippen LogP contribution is -2.51. The van der Waals surface area contributed by atoms with Gasteiger partial charge in [0.2, 0.25) is 11.8 Å². The van der Waals surface area contributed by atoms with E-state index in [1.165, 1.54) is 0 Å². The number of piperidine rings is 1. The van der Waals surface area contributed by atoms with Crippen molar-refractivity contribution in [2.24, 2.45) is 5.92 Å². The molecule has 0 bridgehead atoms. The van der Waals surface area contributed by atoms with Gasteiger partial charge in [0.1, 0.15) is 18.5 Å². The molecule has 182 valence electrons. The zero-order chi connectivity index (χ0) is 24.1. The van der Waals surface area contributed by atoms with E-state index in [1.54, 1.807) is 0 Å². The Morgan fingerprint density at radius 1 is 1.09 bits per heavy atom. The number of aryl methyl sites for hydroxylation is 1. The second-order valence-electron chi connectivity index (χ2n) is 9.38. The Morgan fingerprint density at radius 2 is 1.82 bits per heavy atom. The number of carbonyl (C=O) groups is 2. The minimum atomic E-state index is -0.199. The van der Waals surface area contributed by atoms with Gasteiger partial charge in [-0.3, -0.25) is 9.59 Å². The highest BCUT2D eigenvalue weighted by molar-refractivity contribution is 5.94. The zero-order valence-corrected chi connectivity index (χ0v) is 20.3. The molecule has 8 heteroatoms. The Hall–Kier alpha value is -3.00. The fourth-order valence-electron chi connectivity index (χ4n) is 4.44. The van der Waals surface area contributed by atoms with Crippen LogP contribution in [0.5, 0.6) is 5.88 Å². The SMILES string of the molecule is Cc1cc(OCC2CN(C(=O)C3CCN(C(=O)c4ccccc4)CC3)CCO2)nc(C(C)C)n1. The summed E-state index contributed by atoms with van der Waals surface area (Å²) >= 11 is 0. The number of likely N-dealkylation sites (tertiary alicyclic amines) is 1. The van der Waals surface area contributed by atoms with Crippen LogP contribution in [0.25, 0.3) is 0 Å². The first-order chi connectivity index (χ1) is 16.4. The van der Waals surface area contributed by atoms with Gasteiger partial charge in [0, 0.05) is 48.8 Å². The van der Waals surface area contributed by atoms with Crippen LogP contribution in [0, 0.1) is 12.8 Å². The van der Waals surface area contributed by atoms with E-state index in [0.29, 0.717) is 63.7 Å². The van der Waals surface area contributed by atoms with Crippen LogP contribution in [0.2, 0.25) is 0 Å². The highest BCUT2D eigenvalue weighted by atomic mass is 16.5. The predicted octanol–water partition coefficient (Wildman–Crippen LogP) is 3.07. The van der Waals surface area contributed by atoms with Crippen molar-refractivity contribution in [1.29, 1.82) is 0 Å². The Labute approximate surface area is 201 Å². The maximum absolute atomic E-state index is 13.2. The van der Waals surface area contributed by atoms with E-state index in [0.717, 1.165) is 11.5 Å². The molecule has 2 amide bonds. The monoisotopic (exact) mass is 466 g/mol. The molecule has 0 aliphatic carbocycles. The molecule has 1 aromatic carbocycles. The van der Waals surface area contributed by atoms with E-state index < -0.39 is 0 Å². The van der Waals surface area contributed by atoms with E-state index in [-0.39, 0.29) is 29.8 Å². The Balaban J connectivity index is 1.27. The first-order valence-corrected chi connectivity index (χ1v) is 12.1. The molecule has 3 heterocycles. The van der Waals surface area contributed by atoms with Crippen molar-refractivity contribution in [3.8, 4) is 5.88 Å². The summed E-state index contributed by atoms with van der Waals surface area (Å²) < 4.78 is 11.8. The Morgan fingerprint density at radius 3 is 2.53 bits per heavy atom. The van der Waals surface area contributed by atoms with Crippen LogP contribution in [0.15, 0.2) is 36.4 Å². The first kappa shape index (κ1) is 24.1. The van der Waals surface area contributed by atoms with Crippen molar-refractivity contribution in [3.05, 3.63) is 53.5 Å². The average molecular weight is 467 g/mol. The van der Waals surface area contributed by atoms with Gasteiger partial charge >= 0.3 is 0 Å². The minimum absolute atomic E-state index is 0.0377. The van der Waals surface area contributed by atoms with Gasteiger partial charge in [-0.1, -0.05) is 32.0 Å². The number of hydrogen-bond donors (Lipinski definition) is 0. The summed E-state index contributed by atoms with van der Waals surface area (Å²) in [5.41, 5.74) is 1.56. The molecule has 0 N–H and O–H groups in total. The lowest BCUT2D eigenvalue weighted by atomic mass is 9.94. The van der Waals surface area contributed by atoms with Crippen molar-refractivity contribution < 1.29 is 19.1 Å². The van der Waals surface area contributed by atoms with Gasteiger partial charge < -0.3 is 19.3 Å². The third kappa shape index (κ3) is 5.91. The fraction of sp³-hybridized carbons (Fsp3) is 0.538. The third-order valence-electron chi connectivity index (χ3n) is 6.38. The van der Waals surface area contributed by atoms with E-state index in [1.807, 2.05) is 67.0 Å². The number of rotatable bonds is 6. The van der Waals surface area contributed by atoms with Crippen LogP contribution >= 0.6 is 0 Å². The second-order valence-corrected chi connectivity index (χ2v) is 9.38. The summed E-state index contributed by atoms with van der Waals surface area (Å²) in [5.74, 6) is 1.65. The molecule has 0 saturated carbocycles. The lowest BCUT2D eigenvalue weighted by molar-refractivity contribution is -0.145. The van der Waals surface area contributed by atoms with E-state index in [4.69, 9.17) is 9.47 Å². The maximum Gasteiger partial charge on any atom is 0.253 e. The first-order valence-electron chi connectivity index (χ1n) is 12.1. The van der Waals surface area contributed by atoms with Crippen LogP contribution in [0.3, 0.4) is 0 Å². The summed E-state index contributed by atoms with van der Waals surface area (Å²) in [6.07, 6.45) is 1.18. The van der Waals surface area contributed by atoms with Crippen molar-refractivity contribution in [2.75, 3.05) is 39.4 Å². The van der Waals surface area contributed by atoms with Crippen LogP contribution < -0.4 is 4.74 Å². The van der Waals surface area contributed by atoms with E-state index in [2.05, 4.69) is 9.97 Å². The van der Waals surface area contributed by atoms with Gasteiger partial charge in [0.05, 0.1) is 13.2 Å². The molecular weight excluding hydrogens is 432 g/mol. The molecule has 1 aromatic heterocycles. The Kier molecular flexibility index (Phi) is 7.77. The molecule has 1 unspecified atom stereocenters. The molecule has 2 aliphatic heterocycles. The van der Waals surface area contributed by atoms with Gasteiger partial charge in [0.15, 0.2) is 0 Å². The smallest absolute Gasteiger partial charge is 0.253 e. The van der Waals surface area contributed by atoms with Gasteiger partial charge in [-0.2, -0.15) is 4.98 Å². The molecule has 2 aliphatic rings. The molecule has 0 spiro atoms. The average Bonchev–Trinajstić information content (AvgIpc) is 2.87. The van der Waals surface area contributed by atoms with Crippen molar-refractivity contribution in [1.82, 2.24) is 19.8 Å². The number of carbonyl (C=O) groups excluding carboxylic acids is 2. The molecule has 4 rings (SSSR count). The van der Waals surface area contributed by atoms with Crippen molar-refractivity contribution in [2.45, 2.75) is 45.6 Å². The third-order valence-corrected chi connectivity index (χ3v) is 6.38. The zero-order valence-electron chi connectivity index (χ0n) is 20.3. The maximum atomic E-state index is 13.2. The number of nitrogens with zero attached hydrogens (tertiary/aromatic N) is 4. The summed E-state index contributed by atoms with van der Waals surface area (Å²) in [6, 6.07) is 11.1. The number of hydrogen-bond acceptors (Lipinski definition) is 6. The van der Waals surface area contributed by atoms with Crippen LogP contribution in [0.4, 0.5) is 0 Å². The number of morpholine rings is 1. The van der Waals surface area contributed by atoms with Crippen LogP contribution in [-0.2, 0) is 9.53 Å². The molecule has 2 saturated heterocycles. The van der Waals surface area contributed by atoms with Crippen LogP contribution in [-0.4, -0.2) is 77.1 Å². The van der Waals surface area contributed by atoms with Gasteiger partial charge in [-0.05, 0) is 31.9 Å². The van der Waals surface area contributed by atoms with Crippen LogP contribution in [0.1, 0.15) is 54.5 Å². The van der Waals surface area contributed by atoms with Gasteiger partial charge in [-0.25, -0.2) is 4.98 Å². The summed E-state index contributed by atoms with van der Waals surface area (Å²) in [7, 11) is 0. The molecule has 0 radical (unpaired) electrons. The molecule has 1 atom stereocenters. The topological polar surface area (TPSA) is 84.9 Å². The summed E-state index contributed by atoms with van der Waals surface area (Å²) in [5, 5.41) is 0. The highest BCUT2D eigenvalue weighted by Gasteiger charge is 2.33. The molecule has 34 heavy (non-hydrogen) atoms. The van der Waals surface area contributed by atoms with Crippen molar-refractivity contribution in [3.63, 3.8) is 0 Å². The normalized spacial score (nSPS) is 19.4. The van der Waals surface area contributed by atoms with Gasteiger partial charge in [-0.15, -0.1) is 0 Å². The number of benzene rings is 1. The highest BCUT2D eigenvalue weighted by Crippen LogP contribution is 2.23. The molecule has 8 nitrogen and oxygen atoms in total. The minimum Gasteiger partial charge on any atom is -0.475 e. The standard InChI is InChI=1S/C26H34N4O4/c1-18(2)24-27-19(3)15-23(28-24)34-17-22-16-30(13-14-33-22)26(32)21-9-11-29(12-10-21)25(31)20-7-5-4-6-8-20/h4-8,15,18,21-22H,9-14,16-17H2,1-3H3. The largest absolute Gasteiger partial charge is 0.475 e. The molecule has 2 aromatic rings.